The van der Waals surface area contributed by atoms with Crippen molar-refractivity contribution in [3.8, 4) is 0 Å². The lowest BCUT2D eigenvalue weighted by molar-refractivity contribution is -0.137. The van der Waals surface area contributed by atoms with Crippen molar-refractivity contribution in [2.45, 2.75) is 53.2 Å². The highest BCUT2D eigenvalue weighted by atomic mass is 16.6. The summed E-state index contributed by atoms with van der Waals surface area (Å²) in [5.74, 6) is -0.118. The lowest BCUT2D eigenvalue weighted by Crippen LogP contribution is -2.56. The predicted octanol–water partition coefficient (Wildman–Crippen LogP) is 1.72. The van der Waals surface area contributed by atoms with Gasteiger partial charge < -0.3 is 24.6 Å². The molecule has 1 heterocycles. The first-order valence-corrected chi connectivity index (χ1v) is 8.92. The van der Waals surface area contributed by atoms with Gasteiger partial charge in [-0.1, -0.05) is 20.8 Å². The molecule has 0 spiro atoms. The molecule has 0 aromatic rings. The van der Waals surface area contributed by atoms with Crippen LogP contribution in [0.3, 0.4) is 0 Å². The normalized spacial score (nSPS) is 18.0. The van der Waals surface area contributed by atoms with E-state index in [-0.39, 0.29) is 17.9 Å². The number of rotatable bonds is 5. The molecule has 0 aromatic heterocycles. The number of hydrogen-bond donors (Lipinski definition) is 1. The minimum atomic E-state index is -0.736. The second-order valence-electron chi connectivity index (χ2n) is 8.90. The molecule has 7 nitrogen and oxygen atoms in total. The number of nitrogens with one attached hydrogen (secondary N) is 1. The number of piperazine rings is 1. The third-order valence-corrected chi connectivity index (χ3v) is 3.62. The SMILES string of the molecule is CN1CCN(C(=O)[C@@H](COCC(C)(C)C)NC(=O)OC(C)(C)C)CC1. The molecular formula is C18H35N3O4. The zero-order valence-electron chi connectivity index (χ0n) is 16.8. The second-order valence-corrected chi connectivity index (χ2v) is 8.90. The summed E-state index contributed by atoms with van der Waals surface area (Å²) in [7, 11) is 2.03. The van der Waals surface area contributed by atoms with Gasteiger partial charge in [-0.05, 0) is 33.2 Å². The fraction of sp³-hybridized carbons (Fsp3) is 0.889. The van der Waals surface area contributed by atoms with Crippen molar-refractivity contribution in [3.63, 3.8) is 0 Å². The lowest BCUT2D eigenvalue weighted by atomic mass is 9.99. The molecule has 0 unspecified atom stereocenters. The average molecular weight is 357 g/mol. The Morgan fingerprint density at radius 1 is 1.04 bits per heavy atom. The van der Waals surface area contributed by atoms with E-state index in [2.05, 4.69) is 31.0 Å². The number of carbonyl (C=O) groups is 2. The van der Waals surface area contributed by atoms with Crippen LogP contribution in [0.15, 0.2) is 0 Å². The zero-order valence-corrected chi connectivity index (χ0v) is 16.8. The summed E-state index contributed by atoms with van der Waals surface area (Å²) in [6.45, 7) is 15.2. The van der Waals surface area contributed by atoms with E-state index in [1.807, 2.05) is 7.05 Å². The predicted molar refractivity (Wildman–Crippen MR) is 97.5 cm³/mol. The Morgan fingerprint density at radius 3 is 2.08 bits per heavy atom. The first kappa shape index (κ1) is 21.7. The number of alkyl carbamates (subject to hydrolysis) is 1. The van der Waals surface area contributed by atoms with E-state index >= 15 is 0 Å². The van der Waals surface area contributed by atoms with Gasteiger partial charge in [-0.25, -0.2) is 4.79 Å². The largest absolute Gasteiger partial charge is 0.444 e. The van der Waals surface area contributed by atoms with Crippen molar-refractivity contribution in [2.75, 3.05) is 46.4 Å². The summed E-state index contributed by atoms with van der Waals surface area (Å²) in [6.07, 6.45) is -0.598. The standard InChI is InChI=1S/C18H35N3O4/c1-17(2,3)13-24-12-14(19-16(23)25-18(4,5)6)15(22)21-10-8-20(7)9-11-21/h14H,8-13H2,1-7H3,(H,19,23)/t14-/m1/s1. The molecule has 0 saturated carbocycles. The van der Waals surface area contributed by atoms with Gasteiger partial charge >= 0.3 is 6.09 Å². The molecule has 0 bridgehead atoms. The van der Waals surface area contributed by atoms with Gasteiger partial charge in [0, 0.05) is 26.2 Å². The molecule has 1 rings (SSSR count). The summed E-state index contributed by atoms with van der Waals surface area (Å²) in [4.78, 5) is 28.9. The van der Waals surface area contributed by atoms with Crippen molar-refractivity contribution in [3.05, 3.63) is 0 Å². The van der Waals surface area contributed by atoms with Gasteiger partial charge in [0.15, 0.2) is 0 Å². The third kappa shape index (κ3) is 9.07. The molecule has 7 heteroatoms. The molecule has 146 valence electrons. The first-order valence-electron chi connectivity index (χ1n) is 8.92. The number of amides is 2. The lowest BCUT2D eigenvalue weighted by Gasteiger charge is -2.35. The summed E-state index contributed by atoms with van der Waals surface area (Å²) in [6, 6.07) is -0.736. The second kappa shape index (κ2) is 8.85. The molecule has 0 aliphatic carbocycles. The van der Waals surface area contributed by atoms with Crippen LogP contribution in [-0.4, -0.2) is 79.9 Å². The number of nitrogens with zero attached hydrogens (tertiary/aromatic N) is 2. The van der Waals surface area contributed by atoms with E-state index in [9.17, 15) is 9.59 Å². The van der Waals surface area contributed by atoms with Crippen LogP contribution in [0, 0.1) is 5.41 Å². The first-order chi connectivity index (χ1) is 11.4. The van der Waals surface area contributed by atoms with Gasteiger partial charge in [0.1, 0.15) is 11.6 Å². The van der Waals surface area contributed by atoms with Crippen molar-refractivity contribution >= 4 is 12.0 Å². The van der Waals surface area contributed by atoms with Crippen LogP contribution in [0.25, 0.3) is 0 Å². The molecule has 1 atom stereocenters. The van der Waals surface area contributed by atoms with Crippen LogP contribution in [0.2, 0.25) is 0 Å². The van der Waals surface area contributed by atoms with Crippen molar-refractivity contribution in [1.29, 1.82) is 0 Å². The van der Waals surface area contributed by atoms with E-state index in [0.717, 1.165) is 13.1 Å². The van der Waals surface area contributed by atoms with Gasteiger partial charge in [-0.3, -0.25) is 4.79 Å². The van der Waals surface area contributed by atoms with Crippen LogP contribution in [0.1, 0.15) is 41.5 Å². The number of carbonyl (C=O) groups excluding carboxylic acids is 2. The van der Waals surface area contributed by atoms with Crippen LogP contribution < -0.4 is 5.32 Å². The van der Waals surface area contributed by atoms with Gasteiger partial charge in [0.05, 0.1) is 13.2 Å². The quantitative estimate of drug-likeness (QED) is 0.811. The van der Waals surface area contributed by atoms with Crippen LogP contribution >= 0.6 is 0 Å². The fourth-order valence-corrected chi connectivity index (χ4v) is 2.35. The summed E-state index contributed by atoms with van der Waals surface area (Å²) in [5.41, 5.74) is -0.620. The van der Waals surface area contributed by atoms with Gasteiger partial charge in [-0.15, -0.1) is 0 Å². The Kier molecular flexibility index (Phi) is 7.68. The topological polar surface area (TPSA) is 71.1 Å². The number of hydrogen-bond acceptors (Lipinski definition) is 5. The van der Waals surface area contributed by atoms with E-state index in [4.69, 9.17) is 9.47 Å². The molecule has 2 amide bonds. The highest BCUT2D eigenvalue weighted by molar-refractivity contribution is 5.86. The van der Waals surface area contributed by atoms with Crippen molar-refractivity contribution in [2.24, 2.45) is 5.41 Å². The summed E-state index contributed by atoms with van der Waals surface area (Å²) in [5, 5.41) is 2.68. The third-order valence-electron chi connectivity index (χ3n) is 3.62. The van der Waals surface area contributed by atoms with E-state index in [1.54, 1.807) is 25.7 Å². The molecule has 1 aliphatic heterocycles. The van der Waals surface area contributed by atoms with Gasteiger partial charge in [0.25, 0.3) is 0 Å². The Balaban J connectivity index is 2.69. The summed E-state index contributed by atoms with van der Waals surface area (Å²) >= 11 is 0. The maximum atomic E-state index is 12.8. The minimum absolute atomic E-state index is 0.00659. The molecule has 25 heavy (non-hydrogen) atoms. The van der Waals surface area contributed by atoms with Crippen molar-refractivity contribution < 1.29 is 19.1 Å². The van der Waals surface area contributed by atoms with Gasteiger partial charge in [-0.2, -0.15) is 0 Å². The number of likely N-dealkylation sites (N-methyl/N-ethyl adjacent to an activating group) is 1. The fourth-order valence-electron chi connectivity index (χ4n) is 2.35. The summed E-state index contributed by atoms with van der Waals surface area (Å²) < 4.78 is 11.0. The monoisotopic (exact) mass is 357 g/mol. The van der Waals surface area contributed by atoms with E-state index < -0.39 is 17.7 Å². The van der Waals surface area contributed by atoms with E-state index in [1.165, 1.54) is 0 Å². The zero-order chi connectivity index (χ0) is 19.3. The minimum Gasteiger partial charge on any atom is -0.444 e. The Bertz CT molecular complexity index is 446. The molecule has 1 saturated heterocycles. The smallest absolute Gasteiger partial charge is 0.408 e. The maximum Gasteiger partial charge on any atom is 0.408 e. The Labute approximate surface area is 152 Å². The Hall–Kier alpha value is -1.34. The average Bonchev–Trinajstić information content (AvgIpc) is 2.43. The van der Waals surface area contributed by atoms with Crippen molar-refractivity contribution in [1.82, 2.24) is 15.1 Å². The molecule has 0 radical (unpaired) electrons. The van der Waals surface area contributed by atoms with Crippen LogP contribution in [-0.2, 0) is 14.3 Å². The van der Waals surface area contributed by atoms with Crippen LogP contribution in [0.5, 0.6) is 0 Å². The van der Waals surface area contributed by atoms with E-state index in [0.29, 0.717) is 19.7 Å². The highest BCUT2D eigenvalue weighted by Crippen LogP contribution is 2.14. The molecule has 1 fully saturated rings. The maximum absolute atomic E-state index is 12.8. The molecule has 0 aromatic carbocycles. The van der Waals surface area contributed by atoms with Crippen LogP contribution in [0.4, 0.5) is 4.79 Å². The molecule has 1 N–H and O–H groups in total. The van der Waals surface area contributed by atoms with Gasteiger partial charge in [0.2, 0.25) is 5.91 Å². The highest BCUT2D eigenvalue weighted by Gasteiger charge is 2.30. The molecule has 1 aliphatic rings. The molecular weight excluding hydrogens is 322 g/mol. The Morgan fingerprint density at radius 2 is 1.60 bits per heavy atom. The number of ether oxygens (including phenoxy) is 2.